The van der Waals surface area contributed by atoms with Gasteiger partial charge in [-0.25, -0.2) is 0 Å². The molecule has 1 amide bonds. The minimum atomic E-state index is 0. The second kappa shape index (κ2) is 7.49. The van der Waals surface area contributed by atoms with E-state index in [0.29, 0.717) is 18.4 Å². The summed E-state index contributed by atoms with van der Waals surface area (Å²) in [5.74, 6) is 2.13. The molecule has 2 unspecified atom stereocenters. The zero-order valence-corrected chi connectivity index (χ0v) is 13.0. The predicted octanol–water partition coefficient (Wildman–Crippen LogP) is 2.87. The van der Waals surface area contributed by atoms with E-state index in [1.165, 1.54) is 12.8 Å². The Balaban J connectivity index is 0.00000180. The monoisotopic (exact) mass is 288 g/mol. The van der Waals surface area contributed by atoms with Gasteiger partial charge in [-0.3, -0.25) is 4.79 Å². The van der Waals surface area contributed by atoms with Gasteiger partial charge in [-0.1, -0.05) is 20.3 Å². The third-order valence-corrected chi connectivity index (χ3v) is 4.71. The molecule has 3 N–H and O–H groups in total. The first-order chi connectivity index (χ1) is 8.54. The molecule has 0 radical (unpaired) electrons. The minimum absolute atomic E-state index is 0. The molecule has 0 aliphatic heterocycles. The summed E-state index contributed by atoms with van der Waals surface area (Å²) in [6, 6.07) is 0.647. The van der Waals surface area contributed by atoms with Crippen molar-refractivity contribution in [2.24, 2.45) is 23.5 Å². The summed E-state index contributed by atoms with van der Waals surface area (Å²) in [5.41, 5.74) is 6.02. The minimum Gasteiger partial charge on any atom is -0.353 e. The first kappa shape index (κ1) is 16.8. The van der Waals surface area contributed by atoms with Crippen molar-refractivity contribution in [3.63, 3.8) is 0 Å². The fraction of sp³-hybridized carbons (Fsp3) is 0.933. The van der Waals surface area contributed by atoms with E-state index in [4.69, 9.17) is 5.73 Å². The molecule has 2 aliphatic carbocycles. The standard InChI is InChI=1S/C15H28N2O.ClH/c1-10-6-11(2)8-13(7-10)17-15(18)9-12-4-3-5-14(12)16;/h10-14H,3-9,16H2,1-2H3,(H,17,18);1H/t10?,11?,12-,13?,14+;/m0./s1. The Morgan fingerprint density at radius 2 is 1.79 bits per heavy atom. The summed E-state index contributed by atoms with van der Waals surface area (Å²) in [4.78, 5) is 12.1. The smallest absolute Gasteiger partial charge is 0.220 e. The van der Waals surface area contributed by atoms with E-state index >= 15 is 0 Å². The summed E-state index contributed by atoms with van der Waals surface area (Å²) < 4.78 is 0. The maximum Gasteiger partial charge on any atom is 0.220 e. The van der Waals surface area contributed by atoms with Gasteiger partial charge in [0.05, 0.1) is 0 Å². The fourth-order valence-corrected chi connectivity index (χ4v) is 3.91. The second-order valence-corrected chi connectivity index (χ2v) is 6.74. The number of hydrogen-bond acceptors (Lipinski definition) is 2. The Kier molecular flexibility index (Phi) is 6.61. The number of carbonyl (C=O) groups excluding carboxylic acids is 1. The Bertz CT molecular complexity index is 288. The molecule has 0 aromatic rings. The Morgan fingerprint density at radius 1 is 1.16 bits per heavy atom. The lowest BCUT2D eigenvalue weighted by molar-refractivity contribution is -0.123. The quantitative estimate of drug-likeness (QED) is 0.839. The molecule has 2 rings (SSSR count). The van der Waals surface area contributed by atoms with Crippen molar-refractivity contribution in [3.8, 4) is 0 Å². The highest BCUT2D eigenvalue weighted by molar-refractivity contribution is 5.85. The summed E-state index contributed by atoms with van der Waals surface area (Å²) in [5, 5.41) is 3.23. The van der Waals surface area contributed by atoms with E-state index in [9.17, 15) is 4.79 Å². The first-order valence-electron chi connectivity index (χ1n) is 7.59. The van der Waals surface area contributed by atoms with Crippen molar-refractivity contribution in [2.45, 2.75) is 70.9 Å². The molecule has 0 saturated heterocycles. The second-order valence-electron chi connectivity index (χ2n) is 6.74. The third-order valence-electron chi connectivity index (χ3n) is 4.71. The number of halogens is 1. The maximum atomic E-state index is 12.1. The average molecular weight is 289 g/mol. The van der Waals surface area contributed by atoms with E-state index in [0.717, 1.165) is 37.5 Å². The Morgan fingerprint density at radius 3 is 2.32 bits per heavy atom. The number of carbonyl (C=O) groups is 1. The molecule has 2 aliphatic rings. The molecule has 0 spiro atoms. The van der Waals surface area contributed by atoms with Crippen LogP contribution in [0.15, 0.2) is 0 Å². The van der Waals surface area contributed by atoms with Crippen LogP contribution >= 0.6 is 12.4 Å². The largest absolute Gasteiger partial charge is 0.353 e. The topological polar surface area (TPSA) is 55.1 Å². The SMILES string of the molecule is CC1CC(C)CC(NC(=O)C[C@@H]2CCC[C@H]2N)C1.Cl. The highest BCUT2D eigenvalue weighted by Gasteiger charge is 2.28. The molecule has 0 aromatic carbocycles. The van der Waals surface area contributed by atoms with E-state index in [1.54, 1.807) is 0 Å². The molecule has 0 heterocycles. The summed E-state index contributed by atoms with van der Waals surface area (Å²) >= 11 is 0. The zero-order valence-electron chi connectivity index (χ0n) is 12.2. The van der Waals surface area contributed by atoms with Crippen LogP contribution in [0.1, 0.15) is 58.8 Å². The van der Waals surface area contributed by atoms with Crippen molar-refractivity contribution >= 4 is 18.3 Å². The Hall–Kier alpha value is -0.280. The van der Waals surface area contributed by atoms with Crippen molar-refractivity contribution in [2.75, 3.05) is 0 Å². The van der Waals surface area contributed by atoms with Gasteiger partial charge in [-0.05, 0) is 49.9 Å². The predicted molar refractivity (Wildman–Crippen MR) is 81.3 cm³/mol. The lowest BCUT2D eigenvalue weighted by atomic mass is 9.80. The van der Waals surface area contributed by atoms with Gasteiger partial charge in [-0.15, -0.1) is 12.4 Å². The van der Waals surface area contributed by atoms with Gasteiger partial charge in [-0.2, -0.15) is 0 Å². The van der Waals surface area contributed by atoms with E-state index in [-0.39, 0.29) is 24.4 Å². The first-order valence-corrected chi connectivity index (χ1v) is 7.59. The van der Waals surface area contributed by atoms with Gasteiger partial charge in [0, 0.05) is 18.5 Å². The molecule has 4 atom stereocenters. The number of nitrogens with one attached hydrogen (secondary N) is 1. The van der Waals surface area contributed by atoms with Gasteiger partial charge in [0.2, 0.25) is 5.91 Å². The molecular weight excluding hydrogens is 260 g/mol. The van der Waals surface area contributed by atoms with Crippen LogP contribution in [-0.4, -0.2) is 18.0 Å². The van der Waals surface area contributed by atoms with Crippen LogP contribution in [0.3, 0.4) is 0 Å². The molecule has 2 fully saturated rings. The van der Waals surface area contributed by atoms with Crippen LogP contribution in [0, 0.1) is 17.8 Å². The number of nitrogens with two attached hydrogens (primary N) is 1. The molecule has 0 bridgehead atoms. The van der Waals surface area contributed by atoms with Crippen LogP contribution in [0.25, 0.3) is 0 Å². The van der Waals surface area contributed by atoms with Crippen LogP contribution in [0.5, 0.6) is 0 Å². The number of hydrogen-bond donors (Lipinski definition) is 2. The van der Waals surface area contributed by atoms with Crippen LogP contribution < -0.4 is 11.1 Å². The molecule has 3 nitrogen and oxygen atoms in total. The highest BCUT2D eigenvalue weighted by Crippen LogP contribution is 2.30. The van der Waals surface area contributed by atoms with Gasteiger partial charge in [0.1, 0.15) is 0 Å². The zero-order chi connectivity index (χ0) is 13.1. The molecule has 112 valence electrons. The van der Waals surface area contributed by atoms with Gasteiger partial charge >= 0.3 is 0 Å². The molecule has 0 aromatic heterocycles. The average Bonchev–Trinajstić information content (AvgIpc) is 2.62. The molecule has 2 saturated carbocycles. The molecular formula is C15H29ClN2O. The van der Waals surface area contributed by atoms with Crippen LogP contribution in [0.4, 0.5) is 0 Å². The lowest BCUT2D eigenvalue weighted by Crippen LogP contribution is -2.41. The third kappa shape index (κ3) is 4.96. The highest BCUT2D eigenvalue weighted by atomic mass is 35.5. The summed E-state index contributed by atoms with van der Waals surface area (Å²) in [6.07, 6.45) is 7.65. The van der Waals surface area contributed by atoms with Crippen LogP contribution in [-0.2, 0) is 4.79 Å². The number of rotatable bonds is 3. The molecule has 19 heavy (non-hydrogen) atoms. The van der Waals surface area contributed by atoms with Gasteiger partial charge in [0.15, 0.2) is 0 Å². The fourth-order valence-electron chi connectivity index (χ4n) is 3.91. The van der Waals surface area contributed by atoms with Crippen molar-refractivity contribution < 1.29 is 4.79 Å². The number of amides is 1. The molecule has 4 heteroatoms. The summed E-state index contributed by atoms with van der Waals surface area (Å²) in [7, 11) is 0. The summed E-state index contributed by atoms with van der Waals surface area (Å²) in [6.45, 7) is 4.59. The Labute approximate surface area is 123 Å². The van der Waals surface area contributed by atoms with Crippen molar-refractivity contribution in [3.05, 3.63) is 0 Å². The van der Waals surface area contributed by atoms with Crippen molar-refractivity contribution in [1.29, 1.82) is 0 Å². The van der Waals surface area contributed by atoms with E-state index in [1.807, 2.05) is 0 Å². The van der Waals surface area contributed by atoms with Gasteiger partial charge in [0.25, 0.3) is 0 Å². The van der Waals surface area contributed by atoms with Crippen molar-refractivity contribution in [1.82, 2.24) is 5.32 Å². The van der Waals surface area contributed by atoms with Gasteiger partial charge < -0.3 is 11.1 Å². The lowest BCUT2D eigenvalue weighted by Gasteiger charge is -2.32. The van der Waals surface area contributed by atoms with E-state index in [2.05, 4.69) is 19.2 Å². The maximum absolute atomic E-state index is 12.1. The van der Waals surface area contributed by atoms with E-state index < -0.39 is 0 Å². The normalized spacial score (nSPS) is 38.6. The van der Waals surface area contributed by atoms with Crippen LogP contribution in [0.2, 0.25) is 0 Å².